The molecule has 0 aliphatic rings. The van der Waals surface area contributed by atoms with Crippen LogP contribution in [0.2, 0.25) is 0 Å². The van der Waals surface area contributed by atoms with Crippen molar-refractivity contribution in [3.8, 4) is 0 Å². The second kappa shape index (κ2) is 7.29. The number of pyridine rings is 1. The maximum absolute atomic E-state index is 11.9. The van der Waals surface area contributed by atoms with E-state index in [1.54, 1.807) is 6.20 Å². The zero-order valence-corrected chi connectivity index (χ0v) is 10.1. The molecule has 0 fully saturated rings. The molecule has 96 valence electrons. The van der Waals surface area contributed by atoms with Crippen LogP contribution >= 0.6 is 0 Å². The molecule has 0 aliphatic heterocycles. The van der Waals surface area contributed by atoms with Gasteiger partial charge in [0.05, 0.1) is 0 Å². The molecule has 1 heterocycles. The zero-order valence-electron chi connectivity index (χ0n) is 10.1. The highest BCUT2D eigenvalue weighted by Crippen LogP contribution is 2.15. The lowest BCUT2D eigenvalue weighted by Crippen LogP contribution is -2.19. The number of ether oxygens (including phenoxy) is 1. The number of alkyl halides is 2. The molecular weight excluding hydrogens is 226 g/mol. The number of aromatic nitrogens is 1. The summed E-state index contributed by atoms with van der Waals surface area (Å²) in [6, 6.07) is 4.00. The van der Waals surface area contributed by atoms with Gasteiger partial charge in [-0.3, -0.25) is 4.98 Å². The fourth-order valence-corrected chi connectivity index (χ4v) is 1.54. The summed E-state index contributed by atoms with van der Waals surface area (Å²) in [6.07, 6.45) is 0.0430. The molecule has 0 radical (unpaired) electrons. The molecule has 1 N–H and O–H groups in total. The largest absolute Gasteiger partial charge is 0.375 e. The monoisotopic (exact) mass is 244 g/mol. The van der Waals surface area contributed by atoms with Crippen LogP contribution in [-0.2, 0) is 4.74 Å². The highest BCUT2D eigenvalue weighted by molar-refractivity contribution is 5.17. The van der Waals surface area contributed by atoms with E-state index in [1.807, 2.05) is 26.1 Å². The number of aryl methyl sites for hydroxylation is 1. The third-order valence-corrected chi connectivity index (χ3v) is 2.48. The Bertz CT molecular complexity index is 317. The Morgan fingerprint density at radius 1 is 1.41 bits per heavy atom. The number of rotatable bonds is 7. The minimum absolute atomic E-state index is 0.0840. The van der Waals surface area contributed by atoms with Crippen LogP contribution in [0, 0.1) is 6.92 Å². The van der Waals surface area contributed by atoms with Gasteiger partial charge in [0, 0.05) is 24.5 Å². The summed E-state index contributed by atoms with van der Waals surface area (Å²) in [4.78, 5) is 4.20. The van der Waals surface area contributed by atoms with E-state index in [1.165, 1.54) is 0 Å². The SMILES string of the molecule is CNC(CCOCC(F)F)c1ccc(C)nc1. The van der Waals surface area contributed by atoms with Crippen LogP contribution in [0.3, 0.4) is 0 Å². The van der Waals surface area contributed by atoms with E-state index in [0.29, 0.717) is 13.0 Å². The van der Waals surface area contributed by atoms with Crippen LogP contribution in [0.25, 0.3) is 0 Å². The zero-order chi connectivity index (χ0) is 12.7. The van der Waals surface area contributed by atoms with E-state index in [9.17, 15) is 8.78 Å². The van der Waals surface area contributed by atoms with Gasteiger partial charge in [-0.05, 0) is 32.0 Å². The van der Waals surface area contributed by atoms with Crippen LogP contribution in [0.15, 0.2) is 18.3 Å². The first-order valence-electron chi connectivity index (χ1n) is 5.59. The predicted octanol–water partition coefficient (Wildman–Crippen LogP) is 2.32. The fraction of sp³-hybridized carbons (Fsp3) is 0.583. The summed E-state index contributed by atoms with van der Waals surface area (Å²) in [5.74, 6) is 0. The molecule has 0 saturated carbocycles. The second-order valence-corrected chi connectivity index (χ2v) is 3.83. The first-order chi connectivity index (χ1) is 8.13. The molecule has 1 rings (SSSR count). The average molecular weight is 244 g/mol. The molecule has 0 aromatic carbocycles. The molecule has 0 bridgehead atoms. The molecule has 1 atom stereocenters. The molecule has 0 spiro atoms. The minimum Gasteiger partial charge on any atom is -0.375 e. The third-order valence-electron chi connectivity index (χ3n) is 2.48. The van der Waals surface area contributed by atoms with Crippen molar-refractivity contribution < 1.29 is 13.5 Å². The Balaban J connectivity index is 2.40. The van der Waals surface area contributed by atoms with Crippen LogP contribution in [-0.4, -0.2) is 31.7 Å². The van der Waals surface area contributed by atoms with Gasteiger partial charge in [0.15, 0.2) is 0 Å². The second-order valence-electron chi connectivity index (χ2n) is 3.83. The fourth-order valence-electron chi connectivity index (χ4n) is 1.54. The smallest absolute Gasteiger partial charge is 0.261 e. The number of nitrogens with zero attached hydrogens (tertiary/aromatic N) is 1. The van der Waals surface area contributed by atoms with Crippen molar-refractivity contribution in [2.45, 2.75) is 25.8 Å². The van der Waals surface area contributed by atoms with Gasteiger partial charge < -0.3 is 10.1 Å². The summed E-state index contributed by atoms with van der Waals surface area (Å²) >= 11 is 0. The lowest BCUT2D eigenvalue weighted by molar-refractivity contribution is 0.0145. The topological polar surface area (TPSA) is 34.1 Å². The molecule has 3 nitrogen and oxygen atoms in total. The molecule has 1 aromatic rings. The summed E-state index contributed by atoms with van der Waals surface area (Å²) in [5.41, 5.74) is 2.00. The van der Waals surface area contributed by atoms with Gasteiger partial charge in [0.1, 0.15) is 6.61 Å². The van der Waals surface area contributed by atoms with E-state index in [0.717, 1.165) is 11.3 Å². The third kappa shape index (κ3) is 5.19. The van der Waals surface area contributed by atoms with Crippen LogP contribution < -0.4 is 5.32 Å². The van der Waals surface area contributed by atoms with Gasteiger partial charge in [0.2, 0.25) is 0 Å². The molecule has 0 amide bonds. The predicted molar refractivity (Wildman–Crippen MR) is 62.2 cm³/mol. The number of halogens is 2. The quantitative estimate of drug-likeness (QED) is 0.747. The number of nitrogens with one attached hydrogen (secondary N) is 1. The van der Waals surface area contributed by atoms with Crippen molar-refractivity contribution >= 4 is 0 Å². The summed E-state index contributed by atoms with van der Waals surface area (Å²) in [5, 5.41) is 3.12. The van der Waals surface area contributed by atoms with Crippen LogP contribution in [0.1, 0.15) is 23.7 Å². The molecule has 0 saturated heterocycles. The molecule has 17 heavy (non-hydrogen) atoms. The highest BCUT2D eigenvalue weighted by atomic mass is 19.3. The maximum Gasteiger partial charge on any atom is 0.261 e. The van der Waals surface area contributed by atoms with Gasteiger partial charge >= 0.3 is 0 Å². The Morgan fingerprint density at radius 2 is 2.18 bits per heavy atom. The van der Waals surface area contributed by atoms with Crippen molar-refractivity contribution in [2.75, 3.05) is 20.3 Å². The lowest BCUT2D eigenvalue weighted by atomic mass is 10.1. The van der Waals surface area contributed by atoms with Crippen molar-refractivity contribution in [1.82, 2.24) is 10.3 Å². The van der Waals surface area contributed by atoms with E-state index < -0.39 is 13.0 Å². The van der Waals surface area contributed by atoms with Crippen molar-refractivity contribution in [1.29, 1.82) is 0 Å². The molecule has 0 aliphatic carbocycles. The van der Waals surface area contributed by atoms with Gasteiger partial charge in [0.25, 0.3) is 6.43 Å². The van der Waals surface area contributed by atoms with E-state index in [-0.39, 0.29) is 6.04 Å². The van der Waals surface area contributed by atoms with Gasteiger partial charge in [-0.1, -0.05) is 6.07 Å². The Hall–Kier alpha value is -1.07. The molecular formula is C12H18F2N2O. The van der Waals surface area contributed by atoms with Crippen LogP contribution in [0.5, 0.6) is 0 Å². The van der Waals surface area contributed by atoms with Gasteiger partial charge in [-0.2, -0.15) is 0 Å². The summed E-state index contributed by atoms with van der Waals surface area (Å²) < 4.78 is 28.6. The normalized spacial score (nSPS) is 13.0. The standard InChI is InChI=1S/C12H18F2N2O/c1-9-3-4-10(7-16-9)11(15-2)5-6-17-8-12(13)14/h3-4,7,11-12,15H,5-6,8H2,1-2H3. The van der Waals surface area contributed by atoms with Crippen molar-refractivity contribution in [2.24, 2.45) is 0 Å². The summed E-state index contributed by atoms with van der Waals surface area (Å²) in [6.45, 7) is 1.73. The molecule has 1 aromatic heterocycles. The Kier molecular flexibility index (Phi) is 6.00. The van der Waals surface area contributed by atoms with Gasteiger partial charge in [-0.25, -0.2) is 8.78 Å². The molecule has 1 unspecified atom stereocenters. The Labute approximate surface area is 100 Å². The minimum atomic E-state index is -2.40. The Morgan fingerprint density at radius 3 is 2.71 bits per heavy atom. The van der Waals surface area contributed by atoms with E-state index in [2.05, 4.69) is 10.3 Å². The highest BCUT2D eigenvalue weighted by Gasteiger charge is 2.10. The van der Waals surface area contributed by atoms with Gasteiger partial charge in [-0.15, -0.1) is 0 Å². The maximum atomic E-state index is 11.9. The van der Waals surface area contributed by atoms with Crippen molar-refractivity contribution in [3.63, 3.8) is 0 Å². The lowest BCUT2D eigenvalue weighted by Gasteiger charge is -2.16. The first kappa shape index (κ1) is 14.0. The summed E-state index contributed by atoms with van der Waals surface area (Å²) in [7, 11) is 1.83. The number of hydrogen-bond acceptors (Lipinski definition) is 3. The van der Waals surface area contributed by atoms with E-state index >= 15 is 0 Å². The van der Waals surface area contributed by atoms with Crippen molar-refractivity contribution in [3.05, 3.63) is 29.6 Å². The number of hydrogen-bond donors (Lipinski definition) is 1. The molecule has 5 heteroatoms. The average Bonchev–Trinajstić information content (AvgIpc) is 2.30. The van der Waals surface area contributed by atoms with E-state index in [4.69, 9.17) is 4.74 Å². The van der Waals surface area contributed by atoms with Crippen LogP contribution in [0.4, 0.5) is 8.78 Å². The first-order valence-corrected chi connectivity index (χ1v) is 5.59.